The summed E-state index contributed by atoms with van der Waals surface area (Å²) in [7, 11) is 0. The number of carbonyl (C=O) groups excluding carboxylic acids is 1. The van der Waals surface area contributed by atoms with Crippen LogP contribution in [0.5, 0.6) is 0 Å². The van der Waals surface area contributed by atoms with E-state index in [0.29, 0.717) is 24.7 Å². The molecule has 0 aromatic carbocycles. The summed E-state index contributed by atoms with van der Waals surface area (Å²) in [6.45, 7) is 2.62. The molecule has 3 aliphatic rings. The zero-order valence-electron chi connectivity index (χ0n) is 16.5. The maximum Gasteiger partial charge on any atom is 0.286 e. The SMILES string of the molecule is CCO[C@H]1OC(C(=O)NC2CC3CCC2C3)=C[C@@H](c2cccs2)[C@H]1CCCO. The lowest BCUT2D eigenvalue weighted by molar-refractivity contribution is -0.166. The van der Waals surface area contributed by atoms with Crippen LogP contribution in [0.1, 0.15) is 56.2 Å². The molecule has 2 saturated carbocycles. The third-order valence-corrected chi connectivity index (χ3v) is 7.54. The lowest BCUT2D eigenvalue weighted by atomic mass is 9.84. The van der Waals surface area contributed by atoms with Crippen molar-refractivity contribution >= 4 is 17.2 Å². The van der Waals surface area contributed by atoms with Crippen molar-refractivity contribution in [1.29, 1.82) is 0 Å². The van der Waals surface area contributed by atoms with Gasteiger partial charge in [0.1, 0.15) is 0 Å². The minimum absolute atomic E-state index is 0.0672. The van der Waals surface area contributed by atoms with Crippen LogP contribution in [-0.2, 0) is 14.3 Å². The van der Waals surface area contributed by atoms with Crippen LogP contribution < -0.4 is 5.32 Å². The molecule has 28 heavy (non-hydrogen) atoms. The van der Waals surface area contributed by atoms with E-state index in [-0.39, 0.29) is 30.4 Å². The van der Waals surface area contributed by atoms with Crippen LogP contribution in [0.4, 0.5) is 0 Å². The van der Waals surface area contributed by atoms with E-state index >= 15 is 0 Å². The number of hydrogen-bond acceptors (Lipinski definition) is 5. The molecule has 2 fully saturated rings. The second kappa shape index (κ2) is 8.97. The highest BCUT2D eigenvalue weighted by Crippen LogP contribution is 2.45. The Morgan fingerprint density at radius 3 is 2.93 bits per heavy atom. The molecule has 0 spiro atoms. The highest BCUT2D eigenvalue weighted by Gasteiger charge is 2.42. The fourth-order valence-electron chi connectivity index (χ4n) is 5.24. The van der Waals surface area contributed by atoms with Crippen LogP contribution in [0.3, 0.4) is 0 Å². The van der Waals surface area contributed by atoms with Gasteiger partial charge in [-0.3, -0.25) is 4.79 Å². The van der Waals surface area contributed by atoms with Gasteiger partial charge in [0.25, 0.3) is 5.91 Å². The molecule has 1 amide bonds. The predicted molar refractivity (Wildman–Crippen MR) is 109 cm³/mol. The number of nitrogens with one attached hydrogen (secondary N) is 1. The highest BCUT2D eigenvalue weighted by atomic mass is 32.1. The normalized spacial score (nSPS) is 34.1. The molecule has 154 valence electrons. The Morgan fingerprint density at radius 2 is 2.29 bits per heavy atom. The summed E-state index contributed by atoms with van der Waals surface area (Å²) in [5, 5.41) is 14.6. The third-order valence-electron chi connectivity index (χ3n) is 6.56. The van der Waals surface area contributed by atoms with Gasteiger partial charge in [0.15, 0.2) is 5.76 Å². The van der Waals surface area contributed by atoms with Crippen molar-refractivity contribution in [2.45, 2.75) is 63.7 Å². The molecule has 1 aliphatic heterocycles. The minimum Gasteiger partial charge on any atom is -0.459 e. The molecule has 5 nitrogen and oxygen atoms in total. The average Bonchev–Trinajstić information content (AvgIpc) is 3.45. The van der Waals surface area contributed by atoms with Crippen molar-refractivity contribution in [3.8, 4) is 0 Å². The van der Waals surface area contributed by atoms with E-state index in [1.165, 1.54) is 24.1 Å². The molecule has 0 saturated heterocycles. The first-order valence-electron chi connectivity index (χ1n) is 10.6. The van der Waals surface area contributed by atoms with Gasteiger partial charge in [-0.2, -0.15) is 0 Å². The van der Waals surface area contributed by atoms with Crippen molar-refractivity contribution in [3.05, 3.63) is 34.2 Å². The summed E-state index contributed by atoms with van der Waals surface area (Å²) < 4.78 is 12.0. The Hall–Kier alpha value is -1.37. The molecule has 3 unspecified atom stereocenters. The highest BCUT2D eigenvalue weighted by molar-refractivity contribution is 7.10. The van der Waals surface area contributed by atoms with Gasteiger partial charge in [0, 0.05) is 36.0 Å². The van der Waals surface area contributed by atoms with Crippen LogP contribution >= 0.6 is 11.3 Å². The fraction of sp³-hybridized carbons (Fsp3) is 0.682. The summed E-state index contributed by atoms with van der Waals surface area (Å²) in [6.07, 6.45) is 7.91. The van der Waals surface area contributed by atoms with Gasteiger partial charge < -0.3 is 19.9 Å². The first kappa shape index (κ1) is 19.9. The molecule has 2 N–H and O–H groups in total. The van der Waals surface area contributed by atoms with E-state index in [2.05, 4.69) is 16.8 Å². The van der Waals surface area contributed by atoms with Gasteiger partial charge >= 0.3 is 0 Å². The van der Waals surface area contributed by atoms with Gasteiger partial charge in [0.05, 0.1) is 0 Å². The molecular weight excluding hydrogens is 374 g/mol. The molecule has 0 radical (unpaired) electrons. The summed E-state index contributed by atoms with van der Waals surface area (Å²) in [5.74, 6) is 1.85. The number of aliphatic hydroxyl groups is 1. The standard InChI is InChI=1S/C22H31NO4S/c1-2-26-22-16(5-3-9-24)17(20-6-4-10-28-20)13-19(27-22)21(25)23-18-12-14-7-8-15(18)11-14/h4,6,10,13-18,22,24H,2-3,5,7-9,11-12H2,1H3,(H,23,25)/t14?,15?,16-,17-,18?,22+/m1/s1. The van der Waals surface area contributed by atoms with E-state index in [4.69, 9.17) is 9.47 Å². The average molecular weight is 406 g/mol. The summed E-state index contributed by atoms with van der Waals surface area (Å²) in [4.78, 5) is 14.2. The van der Waals surface area contributed by atoms with E-state index in [1.54, 1.807) is 11.3 Å². The van der Waals surface area contributed by atoms with Gasteiger partial charge in [0.2, 0.25) is 6.29 Å². The minimum atomic E-state index is -0.463. The molecule has 2 aliphatic carbocycles. The summed E-state index contributed by atoms with van der Waals surface area (Å²) in [6, 6.07) is 4.43. The number of fused-ring (bicyclic) bond motifs is 2. The Bertz CT molecular complexity index is 689. The van der Waals surface area contributed by atoms with Crippen LogP contribution in [0.25, 0.3) is 0 Å². The molecule has 2 bridgehead atoms. The zero-order chi connectivity index (χ0) is 19.5. The van der Waals surface area contributed by atoms with Crippen LogP contribution in [-0.4, -0.2) is 36.6 Å². The smallest absolute Gasteiger partial charge is 0.286 e. The lowest BCUT2D eigenvalue weighted by Gasteiger charge is -2.37. The molecule has 6 atom stereocenters. The quantitative estimate of drug-likeness (QED) is 0.690. The number of thiophene rings is 1. The predicted octanol–water partition coefficient (Wildman–Crippen LogP) is 3.80. The first-order valence-corrected chi connectivity index (χ1v) is 11.5. The lowest BCUT2D eigenvalue weighted by Crippen LogP contribution is -2.43. The van der Waals surface area contributed by atoms with E-state index in [1.807, 2.05) is 19.1 Å². The Kier molecular flexibility index (Phi) is 6.38. The van der Waals surface area contributed by atoms with Gasteiger partial charge in [-0.1, -0.05) is 12.5 Å². The third kappa shape index (κ3) is 4.14. The zero-order valence-corrected chi connectivity index (χ0v) is 17.3. The van der Waals surface area contributed by atoms with Crippen LogP contribution in [0.15, 0.2) is 29.3 Å². The second-order valence-electron chi connectivity index (χ2n) is 8.30. The molecule has 6 heteroatoms. The first-order chi connectivity index (χ1) is 13.7. The Morgan fingerprint density at radius 1 is 1.39 bits per heavy atom. The molecule has 4 rings (SSSR count). The topological polar surface area (TPSA) is 67.8 Å². The Balaban J connectivity index is 1.54. The maximum absolute atomic E-state index is 13.0. The number of rotatable bonds is 8. The second-order valence-corrected chi connectivity index (χ2v) is 9.28. The van der Waals surface area contributed by atoms with Crippen molar-refractivity contribution in [1.82, 2.24) is 5.32 Å². The van der Waals surface area contributed by atoms with Crippen molar-refractivity contribution in [2.24, 2.45) is 17.8 Å². The molecule has 1 aromatic heterocycles. The number of allylic oxidation sites excluding steroid dienone is 1. The largest absolute Gasteiger partial charge is 0.459 e. The fourth-order valence-corrected chi connectivity index (χ4v) is 6.11. The van der Waals surface area contributed by atoms with Gasteiger partial charge in [-0.15, -0.1) is 11.3 Å². The number of amides is 1. The summed E-state index contributed by atoms with van der Waals surface area (Å²) >= 11 is 1.69. The van der Waals surface area contributed by atoms with Crippen LogP contribution in [0, 0.1) is 17.8 Å². The Labute approximate surface area is 171 Å². The molecular formula is C22H31NO4S. The van der Waals surface area contributed by atoms with Crippen LogP contribution in [0.2, 0.25) is 0 Å². The van der Waals surface area contributed by atoms with Crippen molar-refractivity contribution in [2.75, 3.05) is 13.2 Å². The summed E-state index contributed by atoms with van der Waals surface area (Å²) in [5.41, 5.74) is 0. The monoisotopic (exact) mass is 405 g/mol. The number of hydrogen-bond donors (Lipinski definition) is 2. The number of aliphatic hydroxyl groups excluding tert-OH is 1. The van der Waals surface area contributed by atoms with Crippen molar-refractivity contribution < 1.29 is 19.4 Å². The van der Waals surface area contributed by atoms with Gasteiger partial charge in [-0.05, 0) is 68.4 Å². The van der Waals surface area contributed by atoms with Gasteiger partial charge in [-0.25, -0.2) is 0 Å². The van der Waals surface area contributed by atoms with E-state index in [9.17, 15) is 9.90 Å². The van der Waals surface area contributed by atoms with E-state index < -0.39 is 6.29 Å². The molecule has 1 aromatic rings. The molecule has 2 heterocycles. The van der Waals surface area contributed by atoms with E-state index in [0.717, 1.165) is 18.8 Å². The number of ether oxygens (including phenoxy) is 2. The van der Waals surface area contributed by atoms with Crippen molar-refractivity contribution in [3.63, 3.8) is 0 Å². The number of carbonyl (C=O) groups is 1. The maximum atomic E-state index is 13.0.